The van der Waals surface area contributed by atoms with Crippen LogP contribution in [0.3, 0.4) is 0 Å². The molecule has 0 spiro atoms. The van der Waals surface area contributed by atoms with Gasteiger partial charge in [-0.15, -0.1) is 17.5 Å². The van der Waals surface area contributed by atoms with Gasteiger partial charge in [-0.2, -0.15) is 0 Å². The molecule has 0 aliphatic carbocycles. The summed E-state index contributed by atoms with van der Waals surface area (Å²) in [6.07, 6.45) is 1.16. The first-order chi connectivity index (χ1) is 5.41. The number of hydrogen-bond donors (Lipinski definition) is 0. The Kier molecular flexibility index (Phi) is 6.90. The second-order valence-electron chi connectivity index (χ2n) is 3.48. The zero-order chi connectivity index (χ0) is 9.78. The monoisotopic (exact) mass is 207 g/mol. The molecule has 13 heavy (non-hydrogen) atoms. The Balaban J connectivity index is 0. The van der Waals surface area contributed by atoms with Crippen LogP contribution in [-0.4, -0.2) is 23.1 Å². The lowest BCUT2D eigenvalue weighted by Gasteiger charge is -2.31. The van der Waals surface area contributed by atoms with Crippen LogP contribution in [-0.2, 0) is 9.63 Å². The van der Waals surface area contributed by atoms with Gasteiger partial charge in [-0.3, -0.25) is 0 Å². The molecule has 0 rings (SSSR count). The van der Waals surface area contributed by atoms with E-state index in [1.54, 1.807) is 5.06 Å². The maximum Gasteiger partial charge on any atom is 0.349 e. The second kappa shape index (κ2) is 6.00. The number of nitrogens with zero attached hydrogens (tertiary/aromatic N) is 1. The number of hydrogen-bond acceptors (Lipinski definition) is 3. The average molecular weight is 208 g/mol. The summed E-state index contributed by atoms with van der Waals surface area (Å²) in [5, 5.41) is 1.62. The highest BCUT2D eigenvalue weighted by Crippen LogP contribution is 2.12. The van der Waals surface area contributed by atoms with Gasteiger partial charge in [-0.1, -0.05) is 6.58 Å². The third-order valence-corrected chi connectivity index (χ3v) is 1.40. The summed E-state index contributed by atoms with van der Waals surface area (Å²) in [7, 11) is 0. The van der Waals surface area contributed by atoms with Gasteiger partial charge in [0.2, 0.25) is 0 Å². The first kappa shape index (κ1) is 15.0. The molecule has 0 atom stereocenters. The van der Waals surface area contributed by atoms with Crippen LogP contribution in [0.1, 0.15) is 27.7 Å². The summed E-state index contributed by atoms with van der Waals surface area (Å²) in [6, 6.07) is 0. The van der Waals surface area contributed by atoms with Gasteiger partial charge in [0, 0.05) is 18.2 Å². The predicted octanol–water partition coefficient (Wildman–Crippen LogP) is 2.17. The van der Waals surface area contributed by atoms with Crippen LogP contribution in [0.4, 0.5) is 0 Å². The lowest BCUT2D eigenvalue weighted by atomic mass is 10.1. The summed E-state index contributed by atoms with van der Waals surface area (Å²) < 4.78 is 0. The Hall–Kier alpha value is -0.540. The molecule has 0 aromatic rings. The van der Waals surface area contributed by atoms with E-state index < -0.39 is 5.97 Å². The van der Waals surface area contributed by atoms with E-state index in [1.807, 2.05) is 27.7 Å². The van der Waals surface area contributed by atoms with E-state index in [4.69, 9.17) is 4.84 Å². The number of hydroxylamine groups is 2. The van der Waals surface area contributed by atoms with Crippen molar-refractivity contribution < 1.29 is 9.63 Å². The van der Waals surface area contributed by atoms with Crippen molar-refractivity contribution in [1.29, 1.82) is 0 Å². The molecule has 0 amide bonds. The van der Waals surface area contributed by atoms with Gasteiger partial charge in [-0.25, -0.2) is 4.79 Å². The van der Waals surface area contributed by atoms with E-state index in [2.05, 4.69) is 6.58 Å². The molecule has 0 aliphatic rings. The van der Waals surface area contributed by atoms with Gasteiger partial charge in [0.1, 0.15) is 0 Å². The number of rotatable bonds is 3. The molecule has 78 valence electrons. The molecule has 0 N–H and O–H groups in total. The molecule has 0 aliphatic heterocycles. The lowest BCUT2D eigenvalue weighted by Crippen LogP contribution is -2.42. The number of halogens is 1. The molecule has 0 bridgehead atoms. The molecular weight excluding hydrogens is 190 g/mol. The molecule has 0 unspecified atom stereocenters. The van der Waals surface area contributed by atoms with Crippen molar-refractivity contribution >= 4 is 18.4 Å². The summed E-state index contributed by atoms with van der Waals surface area (Å²) in [5.41, 5.74) is -0.159. The maximum atomic E-state index is 10.8. The van der Waals surface area contributed by atoms with E-state index in [1.165, 1.54) is 0 Å². The minimum Gasteiger partial charge on any atom is -0.364 e. The first-order valence-corrected chi connectivity index (χ1v) is 4.03. The van der Waals surface area contributed by atoms with E-state index in [0.717, 1.165) is 6.08 Å². The Morgan fingerprint density at radius 2 is 2.00 bits per heavy atom. The molecule has 0 saturated heterocycles. The molecule has 0 radical (unpaired) electrons. The Morgan fingerprint density at radius 1 is 1.54 bits per heavy atom. The molecule has 0 fully saturated rings. The van der Waals surface area contributed by atoms with Crippen LogP contribution in [0, 0.1) is 0 Å². The highest BCUT2D eigenvalue weighted by atomic mass is 35.5. The summed E-state index contributed by atoms with van der Waals surface area (Å²) in [4.78, 5) is 15.8. The van der Waals surface area contributed by atoms with E-state index >= 15 is 0 Å². The third-order valence-electron chi connectivity index (χ3n) is 1.40. The van der Waals surface area contributed by atoms with E-state index in [-0.39, 0.29) is 17.9 Å². The molecule has 0 heterocycles. The van der Waals surface area contributed by atoms with Gasteiger partial charge in [0.05, 0.1) is 0 Å². The van der Waals surface area contributed by atoms with Gasteiger partial charge < -0.3 is 4.84 Å². The van der Waals surface area contributed by atoms with Crippen LogP contribution in [0.2, 0.25) is 0 Å². The maximum absolute atomic E-state index is 10.8. The zero-order valence-corrected chi connectivity index (χ0v) is 9.48. The van der Waals surface area contributed by atoms with Gasteiger partial charge in [-0.05, 0) is 27.7 Å². The highest BCUT2D eigenvalue weighted by molar-refractivity contribution is 5.85. The van der Waals surface area contributed by atoms with Crippen LogP contribution in [0.25, 0.3) is 0 Å². The fourth-order valence-corrected chi connectivity index (χ4v) is 0.822. The quantitative estimate of drug-likeness (QED) is 0.525. The van der Waals surface area contributed by atoms with Gasteiger partial charge in [0.25, 0.3) is 0 Å². The minimum atomic E-state index is -0.410. The van der Waals surface area contributed by atoms with E-state index in [0.29, 0.717) is 6.54 Å². The number of carbonyl (C=O) groups is 1. The molecule has 0 aromatic carbocycles. The first-order valence-electron chi connectivity index (χ1n) is 4.03. The zero-order valence-electron chi connectivity index (χ0n) is 8.66. The van der Waals surface area contributed by atoms with Crippen molar-refractivity contribution in [2.45, 2.75) is 33.2 Å². The van der Waals surface area contributed by atoms with Crippen molar-refractivity contribution in [3.63, 3.8) is 0 Å². The Bertz CT molecular complexity index is 175. The fraction of sp³-hybridized carbons (Fsp3) is 0.667. The van der Waals surface area contributed by atoms with Crippen LogP contribution >= 0.6 is 12.4 Å². The van der Waals surface area contributed by atoms with Crippen LogP contribution in [0.5, 0.6) is 0 Å². The summed E-state index contributed by atoms with van der Waals surface area (Å²) >= 11 is 0. The Morgan fingerprint density at radius 3 is 2.23 bits per heavy atom. The highest BCUT2D eigenvalue weighted by Gasteiger charge is 2.22. The molecule has 4 heteroatoms. The van der Waals surface area contributed by atoms with Gasteiger partial charge in [0.15, 0.2) is 0 Å². The van der Waals surface area contributed by atoms with Crippen molar-refractivity contribution in [2.24, 2.45) is 0 Å². The standard InChI is InChI=1S/C9H17NO2.ClH/c1-6-8(11)12-10(7-2)9(3,4)5;/h6H,1,7H2,2-5H3;1H. The topological polar surface area (TPSA) is 29.5 Å². The average Bonchev–Trinajstić information content (AvgIpc) is 1.97. The molecule has 0 saturated carbocycles. The smallest absolute Gasteiger partial charge is 0.349 e. The van der Waals surface area contributed by atoms with Crippen molar-refractivity contribution in [1.82, 2.24) is 5.06 Å². The van der Waals surface area contributed by atoms with E-state index in [9.17, 15) is 4.79 Å². The van der Waals surface area contributed by atoms with Crippen molar-refractivity contribution in [2.75, 3.05) is 6.54 Å². The molecule has 3 nitrogen and oxygen atoms in total. The van der Waals surface area contributed by atoms with Gasteiger partial charge >= 0.3 is 5.97 Å². The SMILES string of the molecule is C=CC(=O)ON(CC)C(C)(C)C.Cl. The van der Waals surface area contributed by atoms with Crippen LogP contribution in [0.15, 0.2) is 12.7 Å². The minimum absolute atomic E-state index is 0. The molecular formula is C9H18ClNO2. The predicted molar refractivity (Wildman–Crippen MR) is 55.7 cm³/mol. The van der Waals surface area contributed by atoms with Crippen molar-refractivity contribution in [3.05, 3.63) is 12.7 Å². The molecule has 0 aromatic heterocycles. The normalized spacial score (nSPS) is 10.5. The summed E-state index contributed by atoms with van der Waals surface area (Å²) in [6.45, 7) is 11.9. The lowest BCUT2D eigenvalue weighted by molar-refractivity contribution is -0.207. The summed E-state index contributed by atoms with van der Waals surface area (Å²) in [5.74, 6) is -0.410. The fourth-order valence-electron chi connectivity index (χ4n) is 0.822. The third kappa shape index (κ3) is 5.66. The Labute approximate surface area is 86.1 Å². The van der Waals surface area contributed by atoms with Crippen LogP contribution < -0.4 is 0 Å². The largest absolute Gasteiger partial charge is 0.364 e. The second-order valence-corrected chi connectivity index (χ2v) is 3.48. The van der Waals surface area contributed by atoms with Crippen molar-refractivity contribution in [3.8, 4) is 0 Å². The number of carbonyl (C=O) groups excluding carboxylic acids is 1.